The summed E-state index contributed by atoms with van der Waals surface area (Å²) in [5, 5.41) is 20.2. The normalized spacial score (nSPS) is 27.9. The molecule has 1 aromatic carbocycles. The highest BCUT2D eigenvalue weighted by Gasteiger charge is 2.44. The highest BCUT2D eigenvalue weighted by atomic mass is 19.1. The van der Waals surface area contributed by atoms with E-state index < -0.39 is 11.5 Å². The van der Waals surface area contributed by atoms with Crippen molar-refractivity contribution in [3.8, 4) is 6.07 Å². The molecular weight excluding hydrogens is 265 g/mol. The summed E-state index contributed by atoms with van der Waals surface area (Å²) in [7, 11) is 0. The molecule has 1 fully saturated rings. The number of halogens is 1. The van der Waals surface area contributed by atoms with Crippen LogP contribution in [0.15, 0.2) is 24.3 Å². The molecule has 2 nitrogen and oxygen atoms in total. The van der Waals surface area contributed by atoms with E-state index in [0.29, 0.717) is 24.3 Å². The molecule has 114 valence electrons. The molecule has 0 heterocycles. The van der Waals surface area contributed by atoms with Gasteiger partial charge in [0.2, 0.25) is 0 Å². The molecule has 2 rings (SSSR count). The Labute approximate surface area is 126 Å². The molecule has 1 aliphatic carbocycles. The zero-order chi connectivity index (χ0) is 15.7. The Hall–Kier alpha value is -1.40. The van der Waals surface area contributed by atoms with Crippen LogP contribution in [-0.4, -0.2) is 5.11 Å². The van der Waals surface area contributed by atoms with Gasteiger partial charge in [-0.3, -0.25) is 0 Å². The van der Waals surface area contributed by atoms with E-state index in [9.17, 15) is 14.8 Å². The molecule has 0 radical (unpaired) electrons. The fraction of sp³-hybridized carbons (Fsp3) is 0.611. The van der Waals surface area contributed by atoms with Gasteiger partial charge in [0.1, 0.15) is 5.82 Å². The van der Waals surface area contributed by atoms with Gasteiger partial charge in [0.05, 0.1) is 17.6 Å². The first kappa shape index (κ1) is 16.0. The monoisotopic (exact) mass is 289 g/mol. The fourth-order valence-electron chi connectivity index (χ4n) is 3.44. The smallest absolute Gasteiger partial charge is 0.123 e. The third kappa shape index (κ3) is 3.27. The third-order valence-corrected chi connectivity index (χ3v) is 5.01. The van der Waals surface area contributed by atoms with Crippen molar-refractivity contribution in [3.63, 3.8) is 0 Å². The van der Waals surface area contributed by atoms with E-state index in [2.05, 4.69) is 26.8 Å². The first-order chi connectivity index (χ1) is 9.78. The molecule has 0 amide bonds. The number of nitrogens with zero attached hydrogens (tertiary/aromatic N) is 1. The van der Waals surface area contributed by atoms with Crippen LogP contribution in [0.3, 0.4) is 0 Å². The Morgan fingerprint density at radius 1 is 1.33 bits per heavy atom. The quantitative estimate of drug-likeness (QED) is 0.864. The minimum atomic E-state index is -0.917. The maximum absolute atomic E-state index is 13.3. The highest BCUT2D eigenvalue weighted by molar-refractivity contribution is 5.24. The number of rotatable bonds is 2. The molecule has 0 bridgehead atoms. The van der Waals surface area contributed by atoms with Gasteiger partial charge in [-0.2, -0.15) is 5.26 Å². The largest absolute Gasteiger partial charge is 0.387 e. The van der Waals surface area contributed by atoms with Gasteiger partial charge in [0.15, 0.2) is 0 Å². The average Bonchev–Trinajstić information content (AvgIpc) is 2.45. The van der Waals surface area contributed by atoms with Gasteiger partial charge >= 0.3 is 0 Å². The lowest BCUT2D eigenvalue weighted by atomic mass is 9.62. The van der Waals surface area contributed by atoms with E-state index in [-0.39, 0.29) is 11.2 Å². The molecule has 1 aliphatic rings. The van der Waals surface area contributed by atoms with E-state index in [1.165, 1.54) is 12.1 Å². The van der Waals surface area contributed by atoms with Crippen LogP contribution in [0.5, 0.6) is 0 Å². The van der Waals surface area contributed by atoms with Crippen molar-refractivity contribution in [3.05, 3.63) is 35.6 Å². The van der Waals surface area contributed by atoms with Crippen LogP contribution in [-0.2, 0) is 0 Å². The fourth-order valence-corrected chi connectivity index (χ4v) is 3.44. The van der Waals surface area contributed by atoms with Crippen LogP contribution >= 0.6 is 0 Å². The number of nitriles is 1. The van der Waals surface area contributed by atoms with Gasteiger partial charge in [-0.25, -0.2) is 4.39 Å². The topological polar surface area (TPSA) is 44.0 Å². The van der Waals surface area contributed by atoms with Gasteiger partial charge < -0.3 is 5.11 Å². The van der Waals surface area contributed by atoms with Gasteiger partial charge in [0.25, 0.3) is 0 Å². The molecule has 3 heteroatoms. The van der Waals surface area contributed by atoms with E-state index >= 15 is 0 Å². The zero-order valence-electron chi connectivity index (χ0n) is 13.1. The SMILES string of the molecule is CC(C)(C)C1CCC(C#N)(C(O)c2cccc(F)c2)CC1. The molecule has 0 aromatic heterocycles. The third-order valence-electron chi connectivity index (χ3n) is 5.01. The summed E-state index contributed by atoms with van der Waals surface area (Å²) in [5.74, 6) is 0.196. The van der Waals surface area contributed by atoms with Crippen LogP contribution in [0.4, 0.5) is 4.39 Å². The van der Waals surface area contributed by atoms with Gasteiger partial charge in [-0.1, -0.05) is 32.9 Å². The van der Waals surface area contributed by atoms with Crippen LogP contribution in [0.2, 0.25) is 0 Å². The van der Waals surface area contributed by atoms with E-state index in [1.54, 1.807) is 12.1 Å². The standard InChI is InChI=1S/C18H24FNO/c1-17(2,3)14-7-9-18(12-20,10-8-14)16(21)13-5-4-6-15(19)11-13/h4-6,11,14,16,21H,7-10H2,1-3H3. The lowest BCUT2D eigenvalue weighted by molar-refractivity contribution is 0.00826. The average molecular weight is 289 g/mol. The second-order valence-corrected chi connectivity index (χ2v) is 7.37. The van der Waals surface area contributed by atoms with Gasteiger partial charge in [-0.15, -0.1) is 0 Å². The summed E-state index contributed by atoms with van der Waals surface area (Å²) in [5.41, 5.74) is -0.0493. The number of aliphatic hydroxyl groups is 1. The maximum atomic E-state index is 13.3. The molecule has 0 spiro atoms. The second kappa shape index (κ2) is 5.77. The Kier molecular flexibility index (Phi) is 4.39. The molecule has 1 unspecified atom stereocenters. The summed E-state index contributed by atoms with van der Waals surface area (Å²) in [6.45, 7) is 6.67. The van der Waals surface area contributed by atoms with E-state index in [1.807, 2.05) is 0 Å². The molecule has 21 heavy (non-hydrogen) atoms. The second-order valence-electron chi connectivity index (χ2n) is 7.37. The van der Waals surface area contributed by atoms with Crippen molar-refractivity contribution in [1.29, 1.82) is 5.26 Å². The summed E-state index contributed by atoms with van der Waals surface area (Å²) >= 11 is 0. The van der Waals surface area contributed by atoms with Crippen LogP contribution in [0, 0.1) is 33.9 Å². The number of benzene rings is 1. The van der Waals surface area contributed by atoms with Gasteiger partial charge in [-0.05, 0) is 54.7 Å². The number of hydrogen-bond acceptors (Lipinski definition) is 2. The molecule has 1 N–H and O–H groups in total. The van der Waals surface area contributed by atoms with E-state index in [0.717, 1.165) is 12.8 Å². The first-order valence-electron chi connectivity index (χ1n) is 7.63. The number of hydrogen-bond donors (Lipinski definition) is 1. The highest BCUT2D eigenvalue weighted by Crippen LogP contribution is 2.50. The molecule has 1 aromatic rings. The Morgan fingerprint density at radius 2 is 1.95 bits per heavy atom. The van der Waals surface area contributed by atoms with Crippen molar-refractivity contribution in [2.24, 2.45) is 16.7 Å². The Bertz CT molecular complexity index is 533. The van der Waals surface area contributed by atoms with Gasteiger partial charge in [0, 0.05) is 0 Å². The lowest BCUT2D eigenvalue weighted by Crippen LogP contribution is -2.36. The van der Waals surface area contributed by atoms with Crippen LogP contribution in [0.1, 0.15) is 58.1 Å². The number of aliphatic hydroxyl groups excluding tert-OH is 1. The predicted octanol–water partition coefficient (Wildman–Crippen LogP) is 4.61. The van der Waals surface area contributed by atoms with Crippen molar-refractivity contribution in [1.82, 2.24) is 0 Å². The first-order valence-corrected chi connectivity index (χ1v) is 7.63. The molecule has 1 saturated carbocycles. The van der Waals surface area contributed by atoms with Crippen LogP contribution in [0.25, 0.3) is 0 Å². The minimum Gasteiger partial charge on any atom is -0.387 e. The van der Waals surface area contributed by atoms with Crippen LogP contribution < -0.4 is 0 Å². The molecule has 0 saturated heterocycles. The Balaban J connectivity index is 2.19. The van der Waals surface area contributed by atoms with Crippen molar-refractivity contribution in [2.45, 2.75) is 52.6 Å². The molecular formula is C18H24FNO. The maximum Gasteiger partial charge on any atom is 0.123 e. The molecule has 0 aliphatic heterocycles. The summed E-state index contributed by atoms with van der Waals surface area (Å²) < 4.78 is 13.3. The minimum absolute atomic E-state index is 0.228. The Morgan fingerprint density at radius 3 is 2.43 bits per heavy atom. The van der Waals surface area contributed by atoms with E-state index in [4.69, 9.17) is 0 Å². The summed E-state index contributed by atoms with van der Waals surface area (Å²) in [6.07, 6.45) is 2.29. The zero-order valence-corrected chi connectivity index (χ0v) is 13.1. The van der Waals surface area contributed by atoms with Crippen molar-refractivity contribution in [2.75, 3.05) is 0 Å². The lowest BCUT2D eigenvalue weighted by Gasteiger charge is -2.42. The predicted molar refractivity (Wildman–Crippen MR) is 80.8 cm³/mol. The molecule has 1 atom stereocenters. The van der Waals surface area contributed by atoms with Crippen molar-refractivity contribution >= 4 is 0 Å². The summed E-state index contributed by atoms with van der Waals surface area (Å²) in [6, 6.07) is 8.30. The van der Waals surface area contributed by atoms with Crippen molar-refractivity contribution < 1.29 is 9.50 Å². The summed E-state index contributed by atoms with van der Waals surface area (Å²) in [4.78, 5) is 0.